The van der Waals surface area contributed by atoms with Gasteiger partial charge in [-0.1, -0.05) is 66.7 Å². The van der Waals surface area contributed by atoms with Crippen molar-refractivity contribution in [1.29, 1.82) is 0 Å². The molecule has 0 bridgehead atoms. The first-order valence-electron chi connectivity index (χ1n) is 13.9. The number of hydrogen-bond donors (Lipinski definition) is 2. The Labute approximate surface area is 245 Å². The molecule has 1 amide bonds. The SMILES string of the molecule is CC(=NNC(=O)CN(c1cccnc1)S(=O)(=O)c1ccccc1)c1ccc2c(c1)C1C=CCC1C(c1ccccc1)N2. The van der Waals surface area contributed by atoms with Crippen molar-refractivity contribution >= 4 is 33.0 Å². The number of allylic oxidation sites excluding steroid dienone is 2. The van der Waals surface area contributed by atoms with Gasteiger partial charge in [-0.25, -0.2) is 13.8 Å². The van der Waals surface area contributed by atoms with E-state index in [4.69, 9.17) is 0 Å². The fourth-order valence-corrected chi connectivity index (χ4v) is 7.15. The van der Waals surface area contributed by atoms with Gasteiger partial charge in [-0.2, -0.15) is 5.10 Å². The number of nitrogens with one attached hydrogen (secondary N) is 2. The van der Waals surface area contributed by atoms with E-state index >= 15 is 0 Å². The molecule has 8 nitrogen and oxygen atoms in total. The van der Waals surface area contributed by atoms with Crippen molar-refractivity contribution in [2.24, 2.45) is 11.0 Å². The van der Waals surface area contributed by atoms with Gasteiger partial charge in [0, 0.05) is 17.8 Å². The van der Waals surface area contributed by atoms with Crippen molar-refractivity contribution < 1.29 is 13.2 Å². The standard InChI is InChI=1S/C33H31N5O3S/c1-23(25-17-18-31-30(20-25)28-15-8-16-29(28)33(35-31)24-10-4-2-5-11-24)36-37-32(39)22-38(26-12-9-19-34-21-26)42(40,41)27-13-6-3-7-14-27/h2-15,17-21,28-29,33,35H,16,22H2,1H3,(H,37,39). The van der Waals surface area contributed by atoms with E-state index < -0.39 is 22.5 Å². The Hall–Kier alpha value is -4.76. The maximum atomic E-state index is 13.4. The van der Waals surface area contributed by atoms with Crippen LogP contribution in [0.2, 0.25) is 0 Å². The van der Waals surface area contributed by atoms with Crippen molar-refractivity contribution in [3.8, 4) is 0 Å². The summed E-state index contributed by atoms with van der Waals surface area (Å²) in [6, 6.07) is 28.2. The zero-order valence-electron chi connectivity index (χ0n) is 23.1. The summed E-state index contributed by atoms with van der Waals surface area (Å²) in [5.41, 5.74) is 7.92. The number of hydrogen-bond acceptors (Lipinski definition) is 6. The Bertz CT molecular complexity index is 1740. The second-order valence-electron chi connectivity index (χ2n) is 10.5. The normalized spacial score (nSPS) is 19.4. The lowest BCUT2D eigenvalue weighted by Gasteiger charge is -2.37. The predicted octanol–water partition coefficient (Wildman–Crippen LogP) is 5.64. The Kier molecular flexibility index (Phi) is 7.58. The molecular weight excluding hydrogens is 546 g/mol. The summed E-state index contributed by atoms with van der Waals surface area (Å²) in [6.07, 6.45) is 8.51. The Morgan fingerprint density at radius 3 is 2.52 bits per heavy atom. The van der Waals surface area contributed by atoms with Crippen molar-refractivity contribution in [2.45, 2.75) is 30.2 Å². The minimum absolute atomic E-state index is 0.0813. The molecule has 1 aliphatic heterocycles. The second-order valence-corrected chi connectivity index (χ2v) is 12.3. The van der Waals surface area contributed by atoms with E-state index in [1.807, 2.05) is 19.1 Å². The van der Waals surface area contributed by atoms with Crippen LogP contribution in [0, 0.1) is 5.92 Å². The fourth-order valence-electron chi connectivity index (χ4n) is 5.72. The number of aromatic nitrogens is 1. The molecule has 0 spiro atoms. The molecule has 3 unspecified atom stereocenters. The third-order valence-electron chi connectivity index (χ3n) is 7.84. The molecule has 6 rings (SSSR count). The van der Waals surface area contributed by atoms with Gasteiger partial charge in [-0.05, 0) is 72.4 Å². The number of rotatable bonds is 8. The number of nitrogens with zero attached hydrogens (tertiary/aromatic N) is 3. The van der Waals surface area contributed by atoms with Crippen LogP contribution in [-0.2, 0) is 14.8 Å². The minimum Gasteiger partial charge on any atom is -0.378 e. The van der Waals surface area contributed by atoms with Crippen molar-refractivity contribution in [3.05, 3.63) is 132 Å². The number of pyridine rings is 1. The number of sulfonamides is 1. The molecule has 0 saturated carbocycles. The van der Waals surface area contributed by atoms with E-state index in [2.05, 4.69) is 69.4 Å². The lowest BCUT2D eigenvalue weighted by molar-refractivity contribution is -0.119. The van der Waals surface area contributed by atoms with Gasteiger partial charge in [0.05, 0.1) is 28.5 Å². The third kappa shape index (κ3) is 5.43. The van der Waals surface area contributed by atoms with E-state index in [0.29, 0.717) is 11.6 Å². The molecule has 2 N–H and O–H groups in total. The van der Waals surface area contributed by atoms with Crippen LogP contribution in [0.3, 0.4) is 0 Å². The number of carbonyl (C=O) groups is 1. The third-order valence-corrected chi connectivity index (χ3v) is 9.63. The summed E-state index contributed by atoms with van der Waals surface area (Å²) in [5.74, 6) is 0.129. The number of anilines is 2. The number of benzene rings is 3. The quantitative estimate of drug-likeness (QED) is 0.160. The first kappa shape index (κ1) is 27.4. The van der Waals surface area contributed by atoms with Crippen molar-refractivity contribution in [3.63, 3.8) is 0 Å². The highest BCUT2D eigenvalue weighted by molar-refractivity contribution is 7.92. The van der Waals surface area contributed by atoms with Gasteiger partial charge in [0.15, 0.2) is 0 Å². The molecule has 42 heavy (non-hydrogen) atoms. The average molecular weight is 578 g/mol. The highest BCUT2D eigenvalue weighted by Gasteiger charge is 2.38. The molecule has 0 saturated heterocycles. The number of hydrazone groups is 1. The van der Waals surface area contributed by atoms with Crippen LogP contribution in [0.25, 0.3) is 0 Å². The summed E-state index contributed by atoms with van der Waals surface area (Å²) in [6.45, 7) is 1.37. The Balaban J connectivity index is 1.21. The predicted molar refractivity (Wildman–Crippen MR) is 165 cm³/mol. The lowest BCUT2D eigenvalue weighted by atomic mass is 9.76. The Morgan fingerprint density at radius 2 is 1.79 bits per heavy atom. The summed E-state index contributed by atoms with van der Waals surface area (Å²) < 4.78 is 27.9. The molecule has 1 aliphatic carbocycles. The van der Waals surface area contributed by atoms with Gasteiger partial charge in [0.2, 0.25) is 0 Å². The summed E-state index contributed by atoms with van der Waals surface area (Å²) in [7, 11) is -4.01. The van der Waals surface area contributed by atoms with E-state index in [1.54, 1.807) is 36.5 Å². The van der Waals surface area contributed by atoms with Gasteiger partial charge in [0.1, 0.15) is 6.54 Å². The number of carbonyl (C=O) groups excluding carboxylic acids is 1. The van der Waals surface area contributed by atoms with Crippen LogP contribution in [-0.4, -0.2) is 31.6 Å². The van der Waals surface area contributed by atoms with Crippen LogP contribution >= 0.6 is 0 Å². The monoisotopic (exact) mass is 577 g/mol. The molecule has 2 heterocycles. The van der Waals surface area contributed by atoms with Crippen LogP contribution in [0.1, 0.15) is 42.0 Å². The summed E-state index contributed by atoms with van der Waals surface area (Å²) in [4.78, 5) is 17.1. The highest BCUT2D eigenvalue weighted by Crippen LogP contribution is 2.49. The zero-order valence-corrected chi connectivity index (χ0v) is 23.9. The first-order valence-corrected chi connectivity index (χ1v) is 15.3. The zero-order chi connectivity index (χ0) is 29.1. The van der Waals surface area contributed by atoms with Gasteiger partial charge >= 0.3 is 0 Å². The van der Waals surface area contributed by atoms with E-state index in [1.165, 1.54) is 29.5 Å². The number of amides is 1. The molecule has 0 radical (unpaired) electrons. The van der Waals surface area contributed by atoms with Gasteiger partial charge in [-0.3, -0.25) is 14.1 Å². The smallest absolute Gasteiger partial charge is 0.264 e. The lowest BCUT2D eigenvalue weighted by Crippen LogP contribution is -2.39. The molecule has 0 fully saturated rings. The summed E-state index contributed by atoms with van der Waals surface area (Å²) in [5, 5.41) is 8.08. The van der Waals surface area contributed by atoms with E-state index in [0.717, 1.165) is 22.0 Å². The second kappa shape index (κ2) is 11.6. The largest absolute Gasteiger partial charge is 0.378 e. The molecule has 3 aromatic carbocycles. The van der Waals surface area contributed by atoms with Gasteiger partial charge in [-0.15, -0.1) is 0 Å². The van der Waals surface area contributed by atoms with Crippen LogP contribution in [0.5, 0.6) is 0 Å². The minimum atomic E-state index is -4.01. The molecule has 3 atom stereocenters. The molecule has 9 heteroatoms. The molecule has 1 aromatic heterocycles. The summed E-state index contributed by atoms with van der Waals surface area (Å²) >= 11 is 0. The highest BCUT2D eigenvalue weighted by atomic mass is 32.2. The average Bonchev–Trinajstić information content (AvgIpc) is 3.54. The maximum absolute atomic E-state index is 13.4. The van der Waals surface area contributed by atoms with Crippen LogP contribution < -0.4 is 15.0 Å². The molecule has 2 aliphatic rings. The van der Waals surface area contributed by atoms with Gasteiger partial charge in [0.25, 0.3) is 15.9 Å². The van der Waals surface area contributed by atoms with Gasteiger partial charge < -0.3 is 5.32 Å². The van der Waals surface area contributed by atoms with E-state index in [9.17, 15) is 13.2 Å². The van der Waals surface area contributed by atoms with Crippen LogP contribution in [0.15, 0.2) is 126 Å². The maximum Gasteiger partial charge on any atom is 0.264 e. The molecule has 4 aromatic rings. The first-order chi connectivity index (χ1) is 20.4. The Morgan fingerprint density at radius 1 is 1.02 bits per heavy atom. The van der Waals surface area contributed by atoms with Crippen molar-refractivity contribution in [1.82, 2.24) is 10.4 Å². The van der Waals surface area contributed by atoms with Crippen molar-refractivity contribution in [2.75, 3.05) is 16.2 Å². The van der Waals surface area contributed by atoms with Crippen LogP contribution in [0.4, 0.5) is 11.4 Å². The number of fused-ring (bicyclic) bond motifs is 3. The molecule has 212 valence electrons. The fraction of sp³-hybridized carbons (Fsp3) is 0.182. The van der Waals surface area contributed by atoms with E-state index in [-0.39, 0.29) is 22.5 Å². The topological polar surface area (TPSA) is 104 Å². The molecular formula is C33H31N5O3S.